The van der Waals surface area contributed by atoms with Crippen LogP contribution in [0.25, 0.3) is 0 Å². The first-order valence-electron chi connectivity index (χ1n) is 6.88. The Balaban J connectivity index is 1.91. The Kier molecular flexibility index (Phi) is 3.00. The molecule has 3 rings (SSSR count). The molecule has 0 fully saturated rings. The van der Waals surface area contributed by atoms with Gasteiger partial charge in [-0.15, -0.1) is 0 Å². The van der Waals surface area contributed by atoms with E-state index < -0.39 is 11.7 Å². The normalized spacial score (nSPS) is 15.9. The van der Waals surface area contributed by atoms with E-state index in [9.17, 15) is 4.79 Å². The van der Waals surface area contributed by atoms with E-state index >= 15 is 0 Å². The number of amides is 1. The molecule has 0 saturated heterocycles. The maximum atomic E-state index is 12.0. The van der Waals surface area contributed by atoms with Crippen molar-refractivity contribution in [3.05, 3.63) is 17.2 Å². The Morgan fingerprint density at radius 3 is 2.75 bits per heavy atom. The number of hydrogen-bond donors (Lipinski definition) is 1. The van der Waals surface area contributed by atoms with Crippen LogP contribution in [0.5, 0.6) is 11.5 Å². The number of benzene rings is 1. The highest BCUT2D eigenvalue weighted by atomic mass is 16.6. The van der Waals surface area contributed by atoms with Gasteiger partial charge in [-0.05, 0) is 26.8 Å². The average Bonchev–Trinajstić information content (AvgIpc) is 2.93. The van der Waals surface area contributed by atoms with Crippen LogP contribution < -0.4 is 14.8 Å². The largest absolute Gasteiger partial charge is 0.493 e. The van der Waals surface area contributed by atoms with E-state index in [1.807, 2.05) is 26.8 Å². The second-order valence-electron chi connectivity index (χ2n) is 6.04. The smallest absolute Gasteiger partial charge is 0.412 e. The quantitative estimate of drug-likeness (QED) is 0.857. The summed E-state index contributed by atoms with van der Waals surface area (Å²) in [4.78, 5) is 12.0. The molecule has 1 N–H and O–H groups in total. The zero-order valence-electron chi connectivity index (χ0n) is 12.0. The summed E-state index contributed by atoms with van der Waals surface area (Å²) < 4.78 is 16.6. The highest BCUT2D eigenvalue weighted by Gasteiger charge is 2.28. The van der Waals surface area contributed by atoms with Crippen molar-refractivity contribution in [2.75, 3.05) is 18.5 Å². The molecule has 0 unspecified atom stereocenters. The van der Waals surface area contributed by atoms with Crippen LogP contribution in [0, 0.1) is 0 Å². The summed E-state index contributed by atoms with van der Waals surface area (Å²) in [6.07, 6.45) is 1.15. The van der Waals surface area contributed by atoms with Crippen LogP contribution in [-0.4, -0.2) is 24.9 Å². The van der Waals surface area contributed by atoms with E-state index in [4.69, 9.17) is 14.2 Å². The molecular weight excluding hydrogens is 258 g/mol. The van der Waals surface area contributed by atoms with Crippen LogP contribution in [0.1, 0.15) is 31.9 Å². The van der Waals surface area contributed by atoms with Gasteiger partial charge < -0.3 is 14.2 Å². The molecule has 1 amide bonds. The van der Waals surface area contributed by atoms with E-state index in [0.717, 1.165) is 35.5 Å². The van der Waals surface area contributed by atoms with Gasteiger partial charge in [-0.1, -0.05) is 0 Å². The minimum Gasteiger partial charge on any atom is -0.493 e. The fourth-order valence-electron chi connectivity index (χ4n) is 2.52. The minimum atomic E-state index is -0.525. The number of ether oxygens (including phenoxy) is 3. The summed E-state index contributed by atoms with van der Waals surface area (Å²) in [5.41, 5.74) is 2.26. The molecule has 1 aromatic carbocycles. The first kappa shape index (κ1) is 13.1. The van der Waals surface area contributed by atoms with Crippen molar-refractivity contribution in [2.24, 2.45) is 0 Å². The number of fused-ring (bicyclic) bond motifs is 2. The molecule has 2 heterocycles. The third-order valence-electron chi connectivity index (χ3n) is 3.28. The molecule has 5 heteroatoms. The van der Waals surface area contributed by atoms with Gasteiger partial charge in [0, 0.05) is 24.0 Å². The van der Waals surface area contributed by atoms with Gasteiger partial charge in [0.2, 0.25) is 0 Å². The summed E-state index contributed by atoms with van der Waals surface area (Å²) in [5, 5.41) is 2.83. The zero-order valence-corrected chi connectivity index (χ0v) is 12.0. The van der Waals surface area contributed by atoms with Gasteiger partial charge in [-0.2, -0.15) is 0 Å². The van der Waals surface area contributed by atoms with Gasteiger partial charge in [0.1, 0.15) is 17.1 Å². The Labute approximate surface area is 118 Å². The van der Waals surface area contributed by atoms with Crippen molar-refractivity contribution in [1.82, 2.24) is 0 Å². The SMILES string of the molecule is CC(C)(C)OC(=O)Nc1c2c(cc3c1OCC3)OCC2. The lowest BCUT2D eigenvalue weighted by Crippen LogP contribution is -2.27. The van der Waals surface area contributed by atoms with Crippen molar-refractivity contribution in [1.29, 1.82) is 0 Å². The summed E-state index contributed by atoms with van der Waals surface area (Å²) in [6.45, 7) is 6.80. The van der Waals surface area contributed by atoms with E-state index in [-0.39, 0.29) is 0 Å². The Morgan fingerprint density at radius 1 is 1.25 bits per heavy atom. The molecule has 0 radical (unpaired) electrons. The van der Waals surface area contributed by atoms with E-state index in [2.05, 4.69) is 5.32 Å². The van der Waals surface area contributed by atoms with Crippen molar-refractivity contribution in [3.8, 4) is 11.5 Å². The summed E-state index contributed by atoms with van der Waals surface area (Å²) in [6, 6.07) is 2.02. The fourth-order valence-corrected chi connectivity index (χ4v) is 2.52. The van der Waals surface area contributed by atoms with Crippen LogP contribution in [0.2, 0.25) is 0 Å². The number of carbonyl (C=O) groups excluding carboxylic acids is 1. The summed E-state index contributed by atoms with van der Waals surface area (Å²) >= 11 is 0. The van der Waals surface area contributed by atoms with Gasteiger partial charge in [0.05, 0.1) is 18.9 Å². The molecule has 2 aliphatic heterocycles. The molecule has 1 aromatic rings. The Bertz CT molecular complexity index is 528. The van der Waals surface area contributed by atoms with Crippen molar-refractivity contribution in [3.63, 3.8) is 0 Å². The molecule has 0 saturated carbocycles. The topological polar surface area (TPSA) is 56.8 Å². The Hall–Kier alpha value is -1.91. The molecular formula is C15H19NO4. The van der Waals surface area contributed by atoms with Crippen LogP contribution in [-0.2, 0) is 17.6 Å². The molecule has 2 aliphatic rings. The van der Waals surface area contributed by atoms with E-state index in [0.29, 0.717) is 18.9 Å². The van der Waals surface area contributed by atoms with E-state index in [1.54, 1.807) is 0 Å². The second-order valence-corrected chi connectivity index (χ2v) is 6.04. The van der Waals surface area contributed by atoms with Crippen LogP contribution in [0.15, 0.2) is 6.07 Å². The third kappa shape index (κ3) is 2.40. The molecule has 0 bridgehead atoms. The average molecular weight is 277 g/mol. The van der Waals surface area contributed by atoms with E-state index in [1.165, 1.54) is 0 Å². The van der Waals surface area contributed by atoms with Gasteiger partial charge in [-0.3, -0.25) is 5.32 Å². The third-order valence-corrected chi connectivity index (χ3v) is 3.28. The Morgan fingerprint density at radius 2 is 2.00 bits per heavy atom. The lowest BCUT2D eigenvalue weighted by Gasteiger charge is -2.21. The number of nitrogens with one attached hydrogen (secondary N) is 1. The molecule has 5 nitrogen and oxygen atoms in total. The summed E-state index contributed by atoms with van der Waals surface area (Å²) in [7, 11) is 0. The monoisotopic (exact) mass is 277 g/mol. The molecule has 108 valence electrons. The molecule has 0 spiro atoms. The predicted octanol–water partition coefficient (Wildman–Crippen LogP) is 2.90. The zero-order chi connectivity index (χ0) is 14.3. The highest BCUT2D eigenvalue weighted by Crippen LogP contribution is 2.44. The molecule has 0 aromatic heterocycles. The van der Waals surface area contributed by atoms with Crippen molar-refractivity contribution in [2.45, 2.75) is 39.2 Å². The van der Waals surface area contributed by atoms with Gasteiger partial charge in [0.15, 0.2) is 0 Å². The van der Waals surface area contributed by atoms with Crippen molar-refractivity contribution >= 4 is 11.8 Å². The van der Waals surface area contributed by atoms with Crippen LogP contribution in [0.4, 0.5) is 10.5 Å². The van der Waals surface area contributed by atoms with Crippen molar-refractivity contribution < 1.29 is 19.0 Å². The van der Waals surface area contributed by atoms with Gasteiger partial charge >= 0.3 is 6.09 Å². The predicted molar refractivity (Wildman–Crippen MR) is 74.7 cm³/mol. The van der Waals surface area contributed by atoms with Gasteiger partial charge in [-0.25, -0.2) is 4.79 Å². The highest BCUT2D eigenvalue weighted by molar-refractivity contribution is 5.90. The maximum absolute atomic E-state index is 12.0. The molecule has 0 atom stereocenters. The van der Waals surface area contributed by atoms with Crippen LogP contribution >= 0.6 is 0 Å². The standard InChI is InChI=1S/C15H19NO4/c1-15(2,3)20-14(17)16-12-10-5-7-18-11(10)8-9-4-6-19-13(9)12/h8H,4-7H2,1-3H3,(H,16,17). The number of anilines is 1. The maximum Gasteiger partial charge on any atom is 0.412 e. The van der Waals surface area contributed by atoms with Crippen LogP contribution in [0.3, 0.4) is 0 Å². The van der Waals surface area contributed by atoms with Gasteiger partial charge in [0.25, 0.3) is 0 Å². The fraction of sp³-hybridized carbons (Fsp3) is 0.533. The second kappa shape index (κ2) is 4.58. The number of rotatable bonds is 1. The lowest BCUT2D eigenvalue weighted by molar-refractivity contribution is 0.0635. The number of carbonyl (C=O) groups is 1. The minimum absolute atomic E-state index is 0.462. The molecule has 20 heavy (non-hydrogen) atoms. The first-order valence-corrected chi connectivity index (χ1v) is 6.88. The number of hydrogen-bond acceptors (Lipinski definition) is 4. The first-order chi connectivity index (χ1) is 9.44. The summed E-state index contributed by atoms with van der Waals surface area (Å²) in [5.74, 6) is 1.61. The lowest BCUT2D eigenvalue weighted by atomic mass is 10.0. The molecule has 0 aliphatic carbocycles.